The van der Waals surface area contributed by atoms with E-state index in [-0.39, 0.29) is 78.5 Å². The number of alkyl halides is 3. The third-order valence-electron chi connectivity index (χ3n) is 16.2. The molecule has 2 aliphatic rings. The fraction of sp³-hybridized carbons (Fsp3) is 0.189. The van der Waals surface area contributed by atoms with Gasteiger partial charge in [-0.1, -0.05) is 147 Å². The molecule has 81 heavy (non-hydrogen) atoms. The van der Waals surface area contributed by atoms with Crippen LogP contribution >= 0.6 is 0 Å². The van der Waals surface area contributed by atoms with Crippen LogP contribution in [-0.4, -0.2) is 0 Å². The monoisotopic (exact) mass is 1510 g/mol. The minimum absolute atomic E-state index is 0. The molecule has 0 bridgehead atoms. The smallest absolute Gasteiger partial charge is 0.329 e. The Balaban J connectivity index is 0.00000368. The molecule has 12 rings (SSSR count). The first kappa shape index (κ1) is 57.9. The molecule has 10 aromatic carbocycles. The molecule has 7 heteroatoms. The third kappa shape index (κ3) is 10.3. The molecule has 1 spiro atoms. The van der Waals surface area contributed by atoms with Crippen LogP contribution in [0.4, 0.5) is 47.3 Å². The average Bonchev–Trinajstić information content (AvgIpc) is 4.00. The molecule has 2 nitrogen and oxygen atoms in total. The summed E-state index contributed by atoms with van der Waals surface area (Å²) in [4.78, 5) is 4.53. The molecule has 2 aliphatic carbocycles. The Hall–Kier alpha value is -6.31. The number of rotatable bonds is 8. The van der Waals surface area contributed by atoms with Crippen LogP contribution in [0.1, 0.15) is 111 Å². The van der Waals surface area contributed by atoms with Gasteiger partial charge < -0.3 is 9.80 Å². The molecule has 0 atom stereocenters. The molecule has 0 heterocycles. The first-order valence-electron chi connectivity index (χ1n) is 27.2. The van der Waals surface area contributed by atoms with Gasteiger partial charge in [-0.2, -0.15) is 86.0 Å². The van der Waals surface area contributed by atoms with Crippen LogP contribution in [0.2, 0.25) is 0 Å². The number of aryl methyl sites for hydroxylation is 1. The fourth-order valence-corrected chi connectivity index (χ4v) is 12.3. The van der Waals surface area contributed by atoms with Crippen LogP contribution in [0.5, 0.6) is 0 Å². The maximum Gasteiger partial charge on any atom is 2.00 e. The van der Waals surface area contributed by atoms with Crippen molar-refractivity contribution in [2.24, 2.45) is 0 Å². The first-order chi connectivity index (χ1) is 37.7. The Morgan fingerprint density at radius 2 is 0.753 bits per heavy atom. The van der Waals surface area contributed by atoms with E-state index in [1.165, 1.54) is 45.0 Å². The van der Waals surface area contributed by atoms with Crippen LogP contribution in [0.3, 0.4) is 0 Å². The van der Waals surface area contributed by atoms with E-state index in [0.717, 1.165) is 67.9 Å². The molecule has 0 fully saturated rings. The van der Waals surface area contributed by atoms with Gasteiger partial charge in [-0.15, -0.1) is 29.8 Å². The van der Waals surface area contributed by atoms with Gasteiger partial charge in [-0.25, -0.2) is 22.3 Å². The molecule has 0 N–H and O–H groups in total. The van der Waals surface area contributed by atoms with Crippen LogP contribution < -0.4 is 9.80 Å². The maximum absolute atomic E-state index is 14.2. The zero-order chi connectivity index (χ0) is 55.2. The number of anilines is 6. The molecular formula is C74H61F3N2U2. The second kappa shape index (κ2) is 21.8. The Morgan fingerprint density at radius 3 is 1.19 bits per heavy atom. The van der Waals surface area contributed by atoms with Gasteiger partial charge in [0.1, 0.15) is 0 Å². The zero-order valence-corrected chi connectivity index (χ0v) is 55.5. The minimum Gasteiger partial charge on any atom is -0.329 e. The van der Waals surface area contributed by atoms with E-state index in [0.29, 0.717) is 16.8 Å². The van der Waals surface area contributed by atoms with Crippen molar-refractivity contribution in [3.8, 4) is 33.4 Å². The van der Waals surface area contributed by atoms with Crippen molar-refractivity contribution >= 4 is 34.1 Å². The van der Waals surface area contributed by atoms with E-state index in [9.17, 15) is 13.2 Å². The normalized spacial score (nSPS) is 13.7. The molecule has 0 unspecified atom stereocenters. The molecule has 396 valence electrons. The molecular weight excluding hydrogens is 1450 g/mol. The van der Waals surface area contributed by atoms with Crippen molar-refractivity contribution in [1.82, 2.24) is 0 Å². The Morgan fingerprint density at radius 1 is 0.370 bits per heavy atom. The number of benzene rings is 10. The minimum atomic E-state index is -4.55. The summed E-state index contributed by atoms with van der Waals surface area (Å²) in [5, 5.41) is 0. The van der Waals surface area contributed by atoms with Gasteiger partial charge in [0.2, 0.25) is 0 Å². The van der Waals surface area contributed by atoms with Crippen molar-refractivity contribution in [2.75, 3.05) is 9.80 Å². The van der Waals surface area contributed by atoms with E-state index in [2.05, 4.69) is 266 Å². The van der Waals surface area contributed by atoms with Crippen molar-refractivity contribution < 1.29 is 75.4 Å². The third-order valence-corrected chi connectivity index (χ3v) is 16.2. The van der Waals surface area contributed by atoms with Crippen LogP contribution in [0.25, 0.3) is 33.4 Å². The van der Waals surface area contributed by atoms with Crippen LogP contribution in [-0.2, 0) is 27.8 Å². The number of fused-ring (bicyclic) bond motifs is 9. The first-order valence-corrected chi connectivity index (χ1v) is 27.2. The Bertz CT molecular complexity index is 3960. The topological polar surface area (TPSA) is 6.48 Å². The average molecular weight is 1510 g/mol. The summed E-state index contributed by atoms with van der Waals surface area (Å²) in [7, 11) is 0. The van der Waals surface area contributed by atoms with E-state index >= 15 is 0 Å². The van der Waals surface area contributed by atoms with E-state index in [1.807, 2.05) is 12.1 Å². The predicted octanol–water partition coefficient (Wildman–Crippen LogP) is 20.1. The Labute approximate surface area is 524 Å². The van der Waals surface area contributed by atoms with E-state index in [4.69, 9.17) is 0 Å². The van der Waals surface area contributed by atoms with Gasteiger partial charge in [-0.05, 0) is 132 Å². The molecule has 0 aromatic heterocycles. The van der Waals surface area contributed by atoms with Gasteiger partial charge in [0.15, 0.2) is 0 Å². The summed E-state index contributed by atoms with van der Waals surface area (Å²) in [5.41, 5.74) is 19.0. The van der Waals surface area contributed by atoms with Crippen LogP contribution in [0.15, 0.2) is 206 Å². The largest absolute Gasteiger partial charge is 2.00 e. The molecule has 10 aromatic rings. The van der Waals surface area contributed by atoms with E-state index in [1.54, 1.807) is 12.1 Å². The number of halogens is 3. The summed E-state index contributed by atoms with van der Waals surface area (Å²) < 4.78 is 42.5. The Kier molecular flexibility index (Phi) is 15.6. The number of nitrogens with zero attached hydrogens (tertiary/aromatic N) is 2. The van der Waals surface area contributed by atoms with Gasteiger partial charge in [0.05, 0.1) is 5.41 Å². The SMILES string of the molecule is Cc1[c-]c(-c2[c-]c(N(c3cccc(C(C)(C)C)c3)c3ccc4c(c3)-c3cc(N(c5[c-]c(-c6[c-]c(C(F)(F)F)ccc6)ccc5)c5cccc(C(C)(C)C)c5)ccc3C43c4ccccc4C(C)(C)c4ccccc43)ccc2)ccc1.[U+2].[U+2]. The summed E-state index contributed by atoms with van der Waals surface area (Å²) in [6, 6.07) is 85.4. The second-order valence-corrected chi connectivity index (χ2v) is 23.8. The van der Waals surface area contributed by atoms with Gasteiger partial charge in [0.25, 0.3) is 0 Å². The number of hydrogen-bond acceptors (Lipinski definition) is 2. The summed E-state index contributed by atoms with van der Waals surface area (Å²) in [6.45, 7) is 20.1. The molecule has 0 saturated heterocycles. The maximum atomic E-state index is 14.2. The van der Waals surface area contributed by atoms with Crippen molar-refractivity contribution in [3.05, 3.63) is 286 Å². The summed E-state index contributed by atoms with van der Waals surface area (Å²) in [5.74, 6) is 0. The van der Waals surface area contributed by atoms with Gasteiger partial charge >= 0.3 is 68.4 Å². The van der Waals surface area contributed by atoms with E-state index < -0.39 is 17.2 Å². The quantitative estimate of drug-likeness (QED) is 0.140. The van der Waals surface area contributed by atoms with Crippen molar-refractivity contribution in [3.63, 3.8) is 0 Å². The van der Waals surface area contributed by atoms with Crippen molar-refractivity contribution in [2.45, 2.75) is 90.1 Å². The standard InChI is InChI=1S/C74H61F3N2.2U/c1-48-20-14-21-49(40-48)51-23-16-28-56(42-51)78(58-30-18-25-53(44-58)70(2,3)4)60-36-38-64-62(46-60)63-47-61(37-39-65(63)73(64)68-34-12-10-32-66(68)72(8,9)67-33-11-13-35-69(67)73)79(59-31-19-26-54(45-59)71(5,6)7)57-29-17-24-52(43-57)50-22-15-27-55(41-50)74(75,76)77;;/h10-39,44-47H,1-9H3;;/q-4;2*+2. The van der Waals surface area contributed by atoms with Gasteiger partial charge in [-0.3, -0.25) is 0 Å². The second-order valence-electron chi connectivity index (χ2n) is 23.8. The summed E-state index contributed by atoms with van der Waals surface area (Å²) in [6.07, 6.45) is -4.55. The molecule has 0 amide bonds. The molecule has 0 saturated carbocycles. The van der Waals surface area contributed by atoms with Crippen molar-refractivity contribution in [1.29, 1.82) is 0 Å². The number of hydrogen-bond donors (Lipinski definition) is 0. The summed E-state index contributed by atoms with van der Waals surface area (Å²) >= 11 is 0. The molecule has 0 aliphatic heterocycles. The molecule has 0 radical (unpaired) electrons. The van der Waals surface area contributed by atoms with Crippen LogP contribution in [0, 0.1) is 93.4 Å². The fourth-order valence-electron chi connectivity index (χ4n) is 12.3. The van der Waals surface area contributed by atoms with Gasteiger partial charge in [0, 0.05) is 28.2 Å². The predicted molar refractivity (Wildman–Crippen MR) is 319 cm³/mol. The zero-order valence-electron chi connectivity index (χ0n) is 47.2.